The van der Waals surface area contributed by atoms with Crippen LogP contribution in [0.25, 0.3) is 16.7 Å². The van der Waals surface area contributed by atoms with Crippen LogP contribution in [-0.4, -0.2) is 66.3 Å². The third-order valence-corrected chi connectivity index (χ3v) is 6.29. The van der Waals surface area contributed by atoms with Crippen LogP contribution in [0.4, 0.5) is 5.69 Å². The SMILES string of the molecule is COc1ccccc1N1CCN(CCCCOc2ccc(-n3nc4ccccc4n3)cc2)CC1. The molecule has 1 fully saturated rings. The molecule has 0 aliphatic carbocycles. The average molecular weight is 458 g/mol. The summed E-state index contributed by atoms with van der Waals surface area (Å²) in [7, 11) is 1.74. The first-order chi connectivity index (χ1) is 16.8. The lowest BCUT2D eigenvalue weighted by Gasteiger charge is -2.36. The summed E-state index contributed by atoms with van der Waals surface area (Å²) in [6, 6.07) is 24.1. The molecule has 0 bridgehead atoms. The van der Waals surface area contributed by atoms with Crippen molar-refractivity contribution in [3.63, 3.8) is 0 Å². The van der Waals surface area contributed by atoms with Gasteiger partial charge >= 0.3 is 0 Å². The van der Waals surface area contributed by atoms with E-state index in [0.717, 1.165) is 80.4 Å². The molecule has 5 rings (SSSR count). The van der Waals surface area contributed by atoms with Crippen molar-refractivity contribution in [1.82, 2.24) is 19.9 Å². The van der Waals surface area contributed by atoms with Crippen molar-refractivity contribution in [2.75, 3.05) is 51.3 Å². The Morgan fingerprint density at radius 1 is 0.765 bits per heavy atom. The predicted molar refractivity (Wildman–Crippen MR) is 135 cm³/mol. The number of rotatable bonds is 9. The van der Waals surface area contributed by atoms with Crippen LogP contribution in [-0.2, 0) is 0 Å². The predicted octanol–water partition coefficient (Wildman–Crippen LogP) is 4.41. The molecule has 3 aromatic carbocycles. The van der Waals surface area contributed by atoms with Gasteiger partial charge in [-0.15, -0.1) is 10.2 Å². The molecule has 34 heavy (non-hydrogen) atoms. The molecule has 1 aliphatic rings. The van der Waals surface area contributed by atoms with E-state index in [1.54, 1.807) is 11.9 Å². The first-order valence-electron chi connectivity index (χ1n) is 12.0. The van der Waals surface area contributed by atoms with Crippen molar-refractivity contribution in [2.24, 2.45) is 0 Å². The van der Waals surface area contributed by atoms with Crippen molar-refractivity contribution in [3.8, 4) is 17.2 Å². The molecule has 1 saturated heterocycles. The summed E-state index contributed by atoms with van der Waals surface area (Å²) >= 11 is 0. The molecule has 7 heteroatoms. The molecule has 0 spiro atoms. The summed E-state index contributed by atoms with van der Waals surface area (Å²) in [4.78, 5) is 6.63. The molecular weight excluding hydrogens is 426 g/mol. The maximum atomic E-state index is 5.95. The Labute approximate surface area is 200 Å². The normalized spacial score (nSPS) is 14.4. The van der Waals surface area contributed by atoms with Crippen LogP contribution in [0.1, 0.15) is 12.8 Å². The van der Waals surface area contributed by atoms with Gasteiger partial charge in [0.1, 0.15) is 22.5 Å². The zero-order valence-electron chi connectivity index (χ0n) is 19.6. The molecule has 0 N–H and O–H groups in total. The second-order valence-electron chi connectivity index (χ2n) is 8.53. The van der Waals surface area contributed by atoms with E-state index >= 15 is 0 Å². The number of ether oxygens (including phenoxy) is 2. The minimum atomic E-state index is 0.727. The van der Waals surface area contributed by atoms with Crippen molar-refractivity contribution in [3.05, 3.63) is 72.8 Å². The van der Waals surface area contributed by atoms with Gasteiger partial charge in [0, 0.05) is 26.2 Å². The van der Waals surface area contributed by atoms with Gasteiger partial charge in [0.15, 0.2) is 0 Å². The van der Waals surface area contributed by atoms with Gasteiger partial charge in [-0.2, -0.15) is 4.80 Å². The van der Waals surface area contributed by atoms with E-state index < -0.39 is 0 Å². The molecular formula is C27H31N5O2. The van der Waals surface area contributed by atoms with Crippen LogP contribution < -0.4 is 14.4 Å². The van der Waals surface area contributed by atoms with E-state index in [-0.39, 0.29) is 0 Å². The molecule has 7 nitrogen and oxygen atoms in total. The van der Waals surface area contributed by atoms with Crippen LogP contribution in [0.15, 0.2) is 72.8 Å². The minimum absolute atomic E-state index is 0.727. The number of hydrogen-bond donors (Lipinski definition) is 0. The van der Waals surface area contributed by atoms with Gasteiger partial charge < -0.3 is 14.4 Å². The summed E-state index contributed by atoms with van der Waals surface area (Å²) in [5.74, 6) is 1.83. The van der Waals surface area contributed by atoms with Gasteiger partial charge in [-0.25, -0.2) is 0 Å². The Morgan fingerprint density at radius 2 is 1.44 bits per heavy atom. The Hall–Kier alpha value is -3.58. The van der Waals surface area contributed by atoms with Crippen molar-refractivity contribution in [2.45, 2.75) is 12.8 Å². The highest BCUT2D eigenvalue weighted by Gasteiger charge is 2.19. The molecule has 0 atom stereocenters. The van der Waals surface area contributed by atoms with E-state index in [1.807, 2.05) is 60.7 Å². The quantitative estimate of drug-likeness (QED) is 0.347. The number of aromatic nitrogens is 3. The Morgan fingerprint density at radius 3 is 2.15 bits per heavy atom. The molecule has 1 aliphatic heterocycles. The second-order valence-corrected chi connectivity index (χ2v) is 8.53. The minimum Gasteiger partial charge on any atom is -0.495 e. The standard InChI is InChI=1S/C27H31N5O2/c1-33-27-11-5-4-10-26(27)31-19-17-30(18-20-31)16-6-7-21-34-23-14-12-22(13-15-23)32-28-24-8-2-3-9-25(24)29-32/h2-5,8-15H,6-7,16-21H2,1H3. The maximum absolute atomic E-state index is 5.95. The van der Waals surface area contributed by atoms with E-state index in [1.165, 1.54) is 5.69 Å². The van der Waals surface area contributed by atoms with Crippen molar-refractivity contribution in [1.29, 1.82) is 0 Å². The highest BCUT2D eigenvalue weighted by molar-refractivity contribution is 5.73. The topological polar surface area (TPSA) is 55.7 Å². The van der Waals surface area contributed by atoms with Crippen LogP contribution in [0.5, 0.6) is 11.5 Å². The molecule has 0 saturated carbocycles. The zero-order chi connectivity index (χ0) is 23.2. The van der Waals surface area contributed by atoms with E-state index in [9.17, 15) is 0 Å². The molecule has 1 aromatic heterocycles. The number of piperazine rings is 1. The highest BCUT2D eigenvalue weighted by Crippen LogP contribution is 2.28. The lowest BCUT2D eigenvalue weighted by Crippen LogP contribution is -2.46. The summed E-state index contributed by atoms with van der Waals surface area (Å²) in [5.41, 5.74) is 3.91. The summed E-state index contributed by atoms with van der Waals surface area (Å²) in [6.07, 6.45) is 2.18. The number of nitrogens with zero attached hydrogens (tertiary/aromatic N) is 5. The summed E-state index contributed by atoms with van der Waals surface area (Å²) in [5, 5.41) is 9.05. The molecule has 0 amide bonds. The first kappa shape index (κ1) is 22.2. The zero-order valence-corrected chi connectivity index (χ0v) is 19.6. The van der Waals surface area contributed by atoms with Crippen molar-refractivity contribution >= 4 is 16.7 Å². The highest BCUT2D eigenvalue weighted by atomic mass is 16.5. The monoisotopic (exact) mass is 457 g/mol. The summed E-state index contributed by atoms with van der Waals surface area (Å²) < 4.78 is 11.5. The fourth-order valence-corrected chi connectivity index (χ4v) is 4.38. The van der Waals surface area contributed by atoms with E-state index in [4.69, 9.17) is 9.47 Å². The third kappa shape index (κ3) is 5.15. The third-order valence-electron chi connectivity index (χ3n) is 6.29. The maximum Gasteiger partial charge on any atom is 0.142 e. The average Bonchev–Trinajstić information content (AvgIpc) is 3.34. The fraction of sp³-hybridized carbons (Fsp3) is 0.333. The number of fused-ring (bicyclic) bond motifs is 1. The fourth-order valence-electron chi connectivity index (χ4n) is 4.38. The Bertz CT molecular complexity index is 1170. The van der Waals surface area contributed by atoms with Crippen LogP contribution >= 0.6 is 0 Å². The Kier molecular flexibility index (Phi) is 6.91. The second kappa shape index (κ2) is 10.6. The number of hydrogen-bond acceptors (Lipinski definition) is 6. The number of anilines is 1. The number of para-hydroxylation sites is 2. The van der Waals surface area contributed by atoms with Gasteiger partial charge in [0.05, 0.1) is 25.1 Å². The molecule has 0 radical (unpaired) electrons. The first-order valence-corrected chi connectivity index (χ1v) is 12.0. The van der Waals surface area contributed by atoms with E-state index in [0.29, 0.717) is 0 Å². The largest absolute Gasteiger partial charge is 0.495 e. The molecule has 176 valence electrons. The van der Waals surface area contributed by atoms with E-state index in [2.05, 4.69) is 32.1 Å². The van der Waals surface area contributed by atoms with Gasteiger partial charge in [0.2, 0.25) is 0 Å². The summed E-state index contributed by atoms with van der Waals surface area (Å²) in [6.45, 7) is 6.06. The van der Waals surface area contributed by atoms with Crippen LogP contribution in [0.2, 0.25) is 0 Å². The van der Waals surface area contributed by atoms with Gasteiger partial charge in [-0.3, -0.25) is 4.90 Å². The van der Waals surface area contributed by atoms with Crippen LogP contribution in [0, 0.1) is 0 Å². The number of methoxy groups -OCH3 is 1. The number of unbranched alkanes of at least 4 members (excludes halogenated alkanes) is 1. The van der Waals surface area contributed by atoms with Crippen molar-refractivity contribution < 1.29 is 9.47 Å². The smallest absolute Gasteiger partial charge is 0.142 e. The number of benzene rings is 3. The van der Waals surface area contributed by atoms with Gasteiger partial charge in [-0.05, 0) is 67.9 Å². The Balaban J connectivity index is 1.02. The molecule has 0 unspecified atom stereocenters. The van der Waals surface area contributed by atoms with Gasteiger partial charge in [0.25, 0.3) is 0 Å². The van der Waals surface area contributed by atoms with Gasteiger partial charge in [-0.1, -0.05) is 24.3 Å². The molecule has 2 heterocycles. The molecule has 4 aromatic rings. The lowest BCUT2D eigenvalue weighted by atomic mass is 10.2. The van der Waals surface area contributed by atoms with Crippen LogP contribution in [0.3, 0.4) is 0 Å². The lowest BCUT2D eigenvalue weighted by molar-refractivity contribution is 0.238.